The zero-order chi connectivity index (χ0) is 20.6. The molecule has 0 aliphatic carbocycles. The lowest BCUT2D eigenvalue weighted by Gasteiger charge is -2.21. The molecule has 0 bridgehead atoms. The maximum absolute atomic E-state index is 12.1. The Hall–Kier alpha value is -2.46. The Labute approximate surface area is 158 Å². The van der Waals surface area contributed by atoms with Gasteiger partial charge in [-0.15, -0.1) is 0 Å². The molecule has 2 N–H and O–H groups in total. The second-order valence-corrected chi connectivity index (χ2v) is 9.83. The van der Waals surface area contributed by atoms with Crippen LogP contribution in [-0.4, -0.2) is 40.9 Å². The van der Waals surface area contributed by atoms with Gasteiger partial charge in [0.1, 0.15) is 17.5 Å². The van der Waals surface area contributed by atoms with E-state index in [1.807, 2.05) is 0 Å². The molecule has 0 amide bonds. The van der Waals surface area contributed by atoms with E-state index >= 15 is 0 Å². The molecule has 0 aliphatic rings. The van der Waals surface area contributed by atoms with E-state index in [-0.39, 0.29) is 16.9 Å². The number of sulfonamides is 2. The van der Waals surface area contributed by atoms with Crippen molar-refractivity contribution in [2.45, 2.75) is 19.8 Å². The highest BCUT2D eigenvalue weighted by Crippen LogP contribution is 2.39. The maximum atomic E-state index is 12.1. The van der Waals surface area contributed by atoms with Crippen molar-refractivity contribution in [1.82, 2.24) is 0 Å². The standard InChI is InChI=1S/C17H20N2O6S2/c1-10(20)16(11(2)21)14-9-15(18-26(3,22)23)12-7-5-6-8-13(12)17(14)19-27(4,24)25/h5-9,16,18-19H,1-4H3. The summed E-state index contributed by atoms with van der Waals surface area (Å²) in [6, 6.07) is 7.81. The van der Waals surface area contributed by atoms with Gasteiger partial charge < -0.3 is 0 Å². The van der Waals surface area contributed by atoms with Gasteiger partial charge in [0, 0.05) is 10.8 Å². The van der Waals surface area contributed by atoms with Crippen molar-refractivity contribution in [2.75, 3.05) is 22.0 Å². The predicted octanol–water partition coefficient (Wildman–Crippen LogP) is 1.84. The summed E-state index contributed by atoms with van der Waals surface area (Å²) in [4.78, 5) is 24.2. The third kappa shape index (κ3) is 5.04. The molecular formula is C17H20N2O6S2. The number of ketones is 2. The second-order valence-electron chi connectivity index (χ2n) is 6.34. The molecule has 27 heavy (non-hydrogen) atoms. The van der Waals surface area contributed by atoms with Crippen LogP contribution in [0.3, 0.4) is 0 Å². The van der Waals surface area contributed by atoms with Crippen LogP contribution in [0.1, 0.15) is 25.3 Å². The summed E-state index contributed by atoms with van der Waals surface area (Å²) in [5.74, 6) is -2.21. The van der Waals surface area contributed by atoms with E-state index in [0.29, 0.717) is 10.8 Å². The molecule has 8 nitrogen and oxygen atoms in total. The molecule has 0 unspecified atom stereocenters. The van der Waals surface area contributed by atoms with Crippen molar-refractivity contribution in [3.8, 4) is 0 Å². The van der Waals surface area contributed by atoms with Crippen molar-refractivity contribution in [3.63, 3.8) is 0 Å². The van der Waals surface area contributed by atoms with Gasteiger partial charge >= 0.3 is 0 Å². The molecule has 2 aromatic rings. The fourth-order valence-corrected chi connectivity index (χ4v) is 4.10. The van der Waals surface area contributed by atoms with E-state index in [1.165, 1.54) is 19.9 Å². The van der Waals surface area contributed by atoms with Gasteiger partial charge in [0.2, 0.25) is 20.0 Å². The van der Waals surface area contributed by atoms with Crippen LogP contribution in [0.25, 0.3) is 10.8 Å². The van der Waals surface area contributed by atoms with Gasteiger partial charge in [-0.05, 0) is 25.5 Å². The van der Waals surface area contributed by atoms with Crippen molar-refractivity contribution in [3.05, 3.63) is 35.9 Å². The maximum Gasteiger partial charge on any atom is 0.229 e. The van der Waals surface area contributed by atoms with E-state index in [9.17, 15) is 26.4 Å². The largest absolute Gasteiger partial charge is 0.299 e. The molecule has 10 heteroatoms. The quantitative estimate of drug-likeness (QED) is 0.668. The minimum Gasteiger partial charge on any atom is -0.299 e. The van der Waals surface area contributed by atoms with Gasteiger partial charge in [-0.25, -0.2) is 16.8 Å². The van der Waals surface area contributed by atoms with Crippen molar-refractivity contribution >= 4 is 53.8 Å². The van der Waals surface area contributed by atoms with E-state index < -0.39 is 37.5 Å². The summed E-state index contributed by atoms with van der Waals surface area (Å²) in [5.41, 5.74) is 0.308. The fraction of sp³-hybridized carbons (Fsp3) is 0.294. The zero-order valence-electron chi connectivity index (χ0n) is 15.2. The molecule has 2 rings (SSSR count). The lowest BCUT2D eigenvalue weighted by Crippen LogP contribution is -2.21. The van der Waals surface area contributed by atoms with Crippen molar-refractivity contribution < 1.29 is 26.4 Å². The molecule has 0 fully saturated rings. The number of Topliss-reactive ketones (excluding diaryl/α,β-unsaturated/α-hetero) is 2. The molecule has 0 spiro atoms. The van der Waals surface area contributed by atoms with Gasteiger partial charge in [-0.1, -0.05) is 24.3 Å². The highest BCUT2D eigenvalue weighted by Gasteiger charge is 2.28. The van der Waals surface area contributed by atoms with Crippen molar-refractivity contribution in [1.29, 1.82) is 0 Å². The molecule has 0 aliphatic heterocycles. The van der Waals surface area contributed by atoms with E-state index in [1.54, 1.807) is 24.3 Å². The average molecular weight is 412 g/mol. The first-order valence-corrected chi connectivity index (χ1v) is 11.6. The first-order valence-electron chi connectivity index (χ1n) is 7.82. The Bertz CT molecular complexity index is 1120. The number of hydrogen-bond donors (Lipinski definition) is 2. The molecule has 0 saturated heterocycles. The number of carbonyl (C=O) groups excluding carboxylic acids is 2. The highest BCUT2D eigenvalue weighted by atomic mass is 32.2. The summed E-state index contributed by atoms with van der Waals surface area (Å²) >= 11 is 0. The zero-order valence-corrected chi connectivity index (χ0v) is 16.9. The Morgan fingerprint density at radius 2 is 1.33 bits per heavy atom. The van der Waals surface area contributed by atoms with Crippen LogP contribution in [0.2, 0.25) is 0 Å². The minimum atomic E-state index is -3.74. The Balaban J connectivity index is 2.98. The smallest absolute Gasteiger partial charge is 0.229 e. The lowest BCUT2D eigenvalue weighted by atomic mass is 9.88. The minimum absolute atomic E-state index is 0.0718. The average Bonchev–Trinajstić information content (AvgIpc) is 2.47. The summed E-state index contributed by atoms with van der Waals surface area (Å²) in [5, 5.41) is 0.780. The lowest BCUT2D eigenvalue weighted by molar-refractivity contribution is -0.126. The SMILES string of the molecule is CC(=O)C(C(C)=O)c1cc(NS(C)(=O)=O)c2ccccc2c1NS(C)(=O)=O. The number of rotatable bonds is 7. The first-order chi connectivity index (χ1) is 12.3. The van der Waals surface area contributed by atoms with Gasteiger partial charge in [0.05, 0.1) is 23.9 Å². The third-order valence-electron chi connectivity index (χ3n) is 3.78. The topological polar surface area (TPSA) is 126 Å². The highest BCUT2D eigenvalue weighted by molar-refractivity contribution is 7.92. The van der Waals surface area contributed by atoms with Crippen LogP contribution < -0.4 is 9.44 Å². The molecular weight excluding hydrogens is 392 g/mol. The summed E-state index contributed by atoms with van der Waals surface area (Å²) in [7, 11) is -7.39. The second kappa shape index (κ2) is 7.28. The number of nitrogens with one attached hydrogen (secondary N) is 2. The summed E-state index contributed by atoms with van der Waals surface area (Å²) in [6.07, 6.45) is 1.92. The normalized spacial score (nSPS) is 12.2. The van der Waals surface area contributed by atoms with E-state index in [4.69, 9.17) is 0 Å². The molecule has 0 aromatic heterocycles. The van der Waals surface area contributed by atoms with Crippen LogP contribution in [0.4, 0.5) is 11.4 Å². The van der Waals surface area contributed by atoms with Gasteiger partial charge in [0.15, 0.2) is 0 Å². The van der Waals surface area contributed by atoms with Gasteiger partial charge in [0.25, 0.3) is 0 Å². The summed E-state index contributed by atoms with van der Waals surface area (Å²) < 4.78 is 52.0. The Morgan fingerprint density at radius 1 is 0.852 bits per heavy atom. The van der Waals surface area contributed by atoms with Gasteiger partial charge in [-0.2, -0.15) is 0 Å². The Morgan fingerprint density at radius 3 is 1.78 bits per heavy atom. The number of benzene rings is 2. The van der Waals surface area contributed by atoms with Gasteiger partial charge in [-0.3, -0.25) is 19.0 Å². The molecule has 0 atom stereocenters. The number of carbonyl (C=O) groups is 2. The Kier molecular flexibility index (Phi) is 5.62. The van der Waals surface area contributed by atoms with Crippen LogP contribution in [0.15, 0.2) is 30.3 Å². The van der Waals surface area contributed by atoms with E-state index in [2.05, 4.69) is 9.44 Å². The first kappa shape index (κ1) is 20.8. The fourth-order valence-electron chi connectivity index (χ4n) is 2.93. The molecule has 0 radical (unpaired) electrons. The number of anilines is 2. The molecule has 146 valence electrons. The van der Waals surface area contributed by atoms with Crippen LogP contribution >= 0.6 is 0 Å². The number of hydrogen-bond acceptors (Lipinski definition) is 6. The molecule has 2 aromatic carbocycles. The van der Waals surface area contributed by atoms with Crippen LogP contribution in [0, 0.1) is 0 Å². The molecule has 0 saturated carbocycles. The van der Waals surface area contributed by atoms with Crippen molar-refractivity contribution in [2.24, 2.45) is 0 Å². The third-order valence-corrected chi connectivity index (χ3v) is 4.95. The molecule has 0 heterocycles. The van der Waals surface area contributed by atoms with Crippen LogP contribution in [-0.2, 0) is 29.6 Å². The van der Waals surface area contributed by atoms with E-state index in [0.717, 1.165) is 12.5 Å². The number of fused-ring (bicyclic) bond motifs is 1. The predicted molar refractivity (Wildman–Crippen MR) is 105 cm³/mol. The summed E-state index contributed by atoms with van der Waals surface area (Å²) in [6.45, 7) is 2.43. The van der Waals surface area contributed by atoms with Crippen LogP contribution in [0.5, 0.6) is 0 Å². The monoisotopic (exact) mass is 412 g/mol.